The van der Waals surface area contributed by atoms with Gasteiger partial charge in [0.2, 0.25) is 0 Å². The van der Waals surface area contributed by atoms with Crippen LogP contribution in [0.3, 0.4) is 0 Å². The fourth-order valence-electron chi connectivity index (χ4n) is 2.94. The van der Waals surface area contributed by atoms with Crippen molar-refractivity contribution in [3.8, 4) is 0 Å². The fraction of sp³-hybridized carbons (Fsp3) is 0.933. The lowest BCUT2D eigenvalue weighted by Crippen LogP contribution is -2.40. The first-order chi connectivity index (χ1) is 8.49. The van der Waals surface area contributed by atoms with E-state index < -0.39 is 0 Å². The highest BCUT2D eigenvalue weighted by molar-refractivity contribution is 5.67. The monoisotopic (exact) mass is 255 g/mol. The van der Waals surface area contributed by atoms with Crippen LogP contribution < -0.4 is 0 Å². The molecule has 1 amide bonds. The topological polar surface area (TPSA) is 29.5 Å². The quantitative estimate of drug-likeness (QED) is 0.762. The molecule has 1 fully saturated rings. The second-order valence-electron chi connectivity index (χ2n) is 5.92. The van der Waals surface area contributed by atoms with Gasteiger partial charge >= 0.3 is 6.09 Å². The summed E-state index contributed by atoms with van der Waals surface area (Å²) in [6.07, 6.45) is 3.46. The van der Waals surface area contributed by atoms with Crippen molar-refractivity contribution in [2.75, 3.05) is 13.1 Å². The van der Waals surface area contributed by atoms with Crippen molar-refractivity contribution in [2.24, 2.45) is 17.8 Å². The Morgan fingerprint density at radius 3 is 2.39 bits per heavy atom. The normalized spacial score (nSPS) is 28.2. The van der Waals surface area contributed by atoms with E-state index in [0.29, 0.717) is 17.8 Å². The first-order valence-electron chi connectivity index (χ1n) is 7.45. The van der Waals surface area contributed by atoms with Gasteiger partial charge in [-0.05, 0) is 44.4 Å². The van der Waals surface area contributed by atoms with Crippen molar-refractivity contribution in [1.29, 1.82) is 0 Å². The van der Waals surface area contributed by atoms with Gasteiger partial charge in [-0.3, -0.25) is 0 Å². The Bertz CT molecular complexity index is 261. The first kappa shape index (κ1) is 15.3. The summed E-state index contributed by atoms with van der Waals surface area (Å²) >= 11 is 0. The maximum atomic E-state index is 12.1. The molecule has 0 bridgehead atoms. The third-order valence-corrected chi connectivity index (χ3v) is 4.24. The summed E-state index contributed by atoms with van der Waals surface area (Å²) < 4.78 is 5.77. The average molecular weight is 255 g/mol. The molecule has 106 valence electrons. The highest BCUT2D eigenvalue weighted by Gasteiger charge is 2.34. The molecule has 3 heteroatoms. The molecule has 1 aliphatic carbocycles. The van der Waals surface area contributed by atoms with Crippen LogP contribution in [0.1, 0.15) is 53.9 Å². The molecular weight excluding hydrogens is 226 g/mol. The van der Waals surface area contributed by atoms with Crippen molar-refractivity contribution in [1.82, 2.24) is 4.90 Å². The lowest BCUT2D eigenvalue weighted by atomic mass is 9.75. The first-order valence-corrected chi connectivity index (χ1v) is 7.45. The molecule has 1 saturated carbocycles. The van der Waals surface area contributed by atoms with Crippen molar-refractivity contribution in [3.63, 3.8) is 0 Å². The summed E-state index contributed by atoms with van der Waals surface area (Å²) in [5.41, 5.74) is 0. The zero-order valence-electron chi connectivity index (χ0n) is 12.6. The van der Waals surface area contributed by atoms with Crippen LogP contribution in [-0.2, 0) is 4.74 Å². The molecular formula is C15H29NO2. The summed E-state index contributed by atoms with van der Waals surface area (Å²) in [6, 6.07) is 0. The van der Waals surface area contributed by atoms with Gasteiger partial charge in [-0.2, -0.15) is 0 Å². The second-order valence-corrected chi connectivity index (χ2v) is 5.92. The molecule has 0 aliphatic heterocycles. The van der Waals surface area contributed by atoms with Gasteiger partial charge in [0.25, 0.3) is 0 Å². The van der Waals surface area contributed by atoms with Crippen LogP contribution >= 0.6 is 0 Å². The van der Waals surface area contributed by atoms with Crippen molar-refractivity contribution in [3.05, 3.63) is 0 Å². The summed E-state index contributed by atoms with van der Waals surface area (Å²) in [7, 11) is 0. The number of nitrogens with zero attached hydrogens (tertiary/aromatic N) is 1. The maximum absolute atomic E-state index is 12.1. The van der Waals surface area contributed by atoms with E-state index in [-0.39, 0.29) is 12.2 Å². The summed E-state index contributed by atoms with van der Waals surface area (Å²) in [6.45, 7) is 12.2. The largest absolute Gasteiger partial charge is 0.446 e. The minimum atomic E-state index is -0.134. The van der Waals surface area contributed by atoms with Crippen LogP contribution in [0.5, 0.6) is 0 Å². The average Bonchev–Trinajstić information content (AvgIpc) is 2.30. The zero-order chi connectivity index (χ0) is 13.7. The summed E-state index contributed by atoms with van der Waals surface area (Å²) in [4.78, 5) is 13.8. The van der Waals surface area contributed by atoms with Gasteiger partial charge in [0.15, 0.2) is 0 Å². The Balaban J connectivity index is 2.63. The molecule has 1 aliphatic rings. The molecule has 0 radical (unpaired) electrons. The van der Waals surface area contributed by atoms with E-state index in [2.05, 4.69) is 20.8 Å². The van der Waals surface area contributed by atoms with Crippen LogP contribution in [0.15, 0.2) is 0 Å². The molecule has 0 aromatic rings. The molecule has 3 nitrogen and oxygen atoms in total. The highest BCUT2D eigenvalue weighted by Crippen LogP contribution is 2.35. The Morgan fingerprint density at radius 2 is 1.89 bits per heavy atom. The van der Waals surface area contributed by atoms with Gasteiger partial charge in [0.1, 0.15) is 6.10 Å². The summed E-state index contributed by atoms with van der Waals surface area (Å²) in [5, 5.41) is 0. The molecule has 3 atom stereocenters. The molecule has 3 unspecified atom stereocenters. The van der Waals surface area contributed by atoms with Gasteiger partial charge in [-0.15, -0.1) is 0 Å². The maximum Gasteiger partial charge on any atom is 0.410 e. The minimum Gasteiger partial charge on any atom is -0.446 e. The number of carbonyl (C=O) groups excluding carboxylic acids is 1. The second kappa shape index (κ2) is 7.01. The zero-order valence-corrected chi connectivity index (χ0v) is 12.6. The molecule has 0 heterocycles. The van der Waals surface area contributed by atoms with Crippen LogP contribution in [0.4, 0.5) is 4.79 Å². The van der Waals surface area contributed by atoms with E-state index in [4.69, 9.17) is 4.74 Å². The molecule has 0 aromatic carbocycles. The highest BCUT2D eigenvalue weighted by atomic mass is 16.6. The van der Waals surface area contributed by atoms with Gasteiger partial charge in [0.05, 0.1) is 0 Å². The van der Waals surface area contributed by atoms with Crippen LogP contribution in [0.2, 0.25) is 0 Å². The van der Waals surface area contributed by atoms with Crippen LogP contribution in [-0.4, -0.2) is 30.2 Å². The molecule has 18 heavy (non-hydrogen) atoms. The third kappa shape index (κ3) is 3.89. The molecule has 1 rings (SSSR count). The van der Waals surface area contributed by atoms with Crippen LogP contribution in [0, 0.1) is 17.8 Å². The lowest BCUT2D eigenvalue weighted by Gasteiger charge is -2.37. The third-order valence-electron chi connectivity index (χ3n) is 4.24. The smallest absolute Gasteiger partial charge is 0.410 e. The van der Waals surface area contributed by atoms with E-state index >= 15 is 0 Å². The number of rotatable bonds is 4. The minimum absolute atomic E-state index is 0.113. The number of hydrogen-bond donors (Lipinski definition) is 0. The fourth-order valence-corrected chi connectivity index (χ4v) is 2.94. The van der Waals surface area contributed by atoms with Gasteiger partial charge in [-0.25, -0.2) is 4.79 Å². The predicted molar refractivity (Wildman–Crippen MR) is 74.5 cm³/mol. The van der Waals surface area contributed by atoms with E-state index in [1.807, 2.05) is 13.8 Å². The van der Waals surface area contributed by atoms with Crippen molar-refractivity contribution < 1.29 is 9.53 Å². The molecule has 0 saturated heterocycles. The van der Waals surface area contributed by atoms with Gasteiger partial charge in [0, 0.05) is 13.1 Å². The van der Waals surface area contributed by atoms with Gasteiger partial charge in [-0.1, -0.05) is 27.2 Å². The predicted octanol–water partition coefficient (Wildman–Crippen LogP) is 3.93. The number of carbonyl (C=O) groups is 1. The van der Waals surface area contributed by atoms with E-state index in [1.165, 1.54) is 12.8 Å². The van der Waals surface area contributed by atoms with E-state index in [9.17, 15) is 4.79 Å². The molecule has 0 spiro atoms. The number of ether oxygens (including phenoxy) is 1. The Morgan fingerprint density at radius 1 is 1.28 bits per heavy atom. The van der Waals surface area contributed by atoms with E-state index in [1.54, 1.807) is 4.90 Å². The Kier molecular flexibility index (Phi) is 5.97. The Hall–Kier alpha value is -0.730. The number of hydrogen-bond acceptors (Lipinski definition) is 2. The number of amides is 1. The lowest BCUT2D eigenvalue weighted by molar-refractivity contribution is -0.00908. The van der Waals surface area contributed by atoms with Crippen LogP contribution in [0.25, 0.3) is 0 Å². The van der Waals surface area contributed by atoms with Crippen molar-refractivity contribution in [2.45, 2.75) is 60.0 Å². The molecule has 0 aromatic heterocycles. The van der Waals surface area contributed by atoms with Gasteiger partial charge < -0.3 is 9.64 Å². The summed E-state index contributed by atoms with van der Waals surface area (Å²) in [5.74, 6) is 1.79. The van der Waals surface area contributed by atoms with Crippen molar-refractivity contribution >= 4 is 6.09 Å². The molecule has 0 N–H and O–H groups in total. The standard InChI is InChI=1S/C15H29NO2/c1-6-16(7-2)15(17)18-14-10-12(5)8-9-13(14)11(3)4/h11-14H,6-10H2,1-5H3. The van der Waals surface area contributed by atoms with E-state index in [0.717, 1.165) is 19.5 Å². The SMILES string of the molecule is CCN(CC)C(=O)OC1CC(C)CCC1C(C)C. The Labute approximate surface area is 112 Å².